The molecular formula is C14H12ClFN2O. The van der Waals surface area contributed by atoms with Gasteiger partial charge in [0.2, 0.25) is 0 Å². The molecule has 0 saturated carbocycles. The molecule has 0 unspecified atom stereocenters. The van der Waals surface area contributed by atoms with Crippen LogP contribution < -0.4 is 11.1 Å². The zero-order valence-electron chi connectivity index (χ0n) is 9.99. The highest BCUT2D eigenvalue weighted by atomic mass is 35.5. The van der Waals surface area contributed by atoms with E-state index in [0.717, 1.165) is 0 Å². The molecule has 0 saturated heterocycles. The highest BCUT2D eigenvalue weighted by Crippen LogP contribution is 2.16. The van der Waals surface area contributed by atoms with Crippen LogP contribution in [0.3, 0.4) is 0 Å². The Bertz CT molecular complexity index is 596. The maximum absolute atomic E-state index is 13.4. The molecule has 19 heavy (non-hydrogen) atoms. The minimum absolute atomic E-state index is 0.109. The lowest BCUT2D eigenvalue weighted by molar-refractivity contribution is 0.0950. The number of halogens is 2. The van der Waals surface area contributed by atoms with Gasteiger partial charge in [0.1, 0.15) is 5.82 Å². The molecule has 3 N–H and O–H groups in total. The van der Waals surface area contributed by atoms with Crippen LogP contribution in [-0.4, -0.2) is 5.91 Å². The smallest absolute Gasteiger partial charge is 0.251 e. The fourth-order valence-corrected chi connectivity index (χ4v) is 1.91. The summed E-state index contributed by atoms with van der Waals surface area (Å²) in [5.41, 5.74) is 6.78. The highest BCUT2D eigenvalue weighted by Gasteiger charge is 2.08. The van der Waals surface area contributed by atoms with Gasteiger partial charge in [0.25, 0.3) is 5.91 Å². The van der Waals surface area contributed by atoms with Crippen LogP contribution in [0.15, 0.2) is 42.5 Å². The van der Waals surface area contributed by atoms with Crippen molar-refractivity contribution in [3.8, 4) is 0 Å². The molecule has 0 radical (unpaired) electrons. The maximum Gasteiger partial charge on any atom is 0.251 e. The lowest BCUT2D eigenvalue weighted by Crippen LogP contribution is -2.23. The first-order valence-corrected chi connectivity index (χ1v) is 6.02. The molecule has 0 aromatic heterocycles. The van der Waals surface area contributed by atoms with Crippen molar-refractivity contribution in [2.75, 3.05) is 5.73 Å². The second-order valence-corrected chi connectivity index (χ2v) is 4.48. The molecule has 3 nitrogen and oxygen atoms in total. The molecule has 0 spiro atoms. The molecular weight excluding hydrogens is 267 g/mol. The summed E-state index contributed by atoms with van der Waals surface area (Å²) in [5.74, 6) is -0.703. The molecule has 0 fully saturated rings. The predicted molar refractivity (Wildman–Crippen MR) is 73.4 cm³/mol. The van der Waals surface area contributed by atoms with Crippen LogP contribution >= 0.6 is 11.6 Å². The zero-order chi connectivity index (χ0) is 13.8. The van der Waals surface area contributed by atoms with Gasteiger partial charge in [-0.25, -0.2) is 4.39 Å². The number of hydrogen-bond acceptors (Lipinski definition) is 2. The van der Waals surface area contributed by atoms with Crippen molar-refractivity contribution in [2.24, 2.45) is 0 Å². The molecule has 0 aliphatic carbocycles. The zero-order valence-corrected chi connectivity index (χ0v) is 10.7. The van der Waals surface area contributed by atoms with Crippen LogP contribution in [0.1, 0.15) is 15.9 Å². The second kappa shape index (κ2) is 5.71. The van der Waals surface area contributed by atoms with E-state index in [4.69, 9.17) is 17.3 Å². The average Bonchev–Trinajstić information content (AvgIpc) is 2.36. The lowest BCUT2D eigenvalue weighted by Gasteiger charge is -2.07. The van der Waals surface area contributed by atoms with Gasteiger partial charge in [-0.3, -0.25) is 4.79 Å². The van der Waals surface area contributed by atoms with Gasteiger partial charge in [-0.1, -0.05) is 29.8 Å². The number of nitrogens with one attached hydrogen (secondary N) is 1. The third kappa shape index (κ3) is 3.45. The summed E-state index contributed by atoms with van der Waals surface area (Å²) in [6.07, 6.45) is 0. The second-order valence-electron chi connectivity index (χ2n) is 4.05. The van der Waals surface area contributed by atoms with Crippen LogP contribution in [0.4, 0.5) is 10.1 Å². The van der Waals surface area contributed by atoms with E-state index < -0.39 is 0 Å². The van der Waals surface area contributed by atoms with E-state index in [0.29, 0.717) is 21.8 Å². The first-order chi connectivity index (χ1) is 9.06. The molecule has 98 valence electrons. The largest absolute Gasteiger partial charge is 0.399 e. The van der Waals surface area contributed by atoms with Crippen molar-refractivity contribution in [1.29, 1.82) is 0 Å². The Balaban J connectivity index is 2.08. The van der Waals surface area contributed by atoms with Crippen LogP contribution in [0.5, 0.6) is 0 Å². The van der Waals surface area contributed by atoms with Crippen molar-refractivity contribution in [1.82, 2.24) is 5.32 Å². The fourth-order valence-electron chi connectivity index (χ4n) is 1.66. The summed E-state index contributed by atoms with van der Waals surface area (Å²) in [5, 5.41) is 3.00. The number of amides is 1. The molecule has 0 aliphatic heterocycles. The van der Waals surface area contributed by atoms with Gasteiger partial charge >= 0.3 is 0 Å². The molecule has 1 amide bonds. The van der Waals surface area contributed by atoms with E-state index in [1.807, 2.05) is 0 Å². The number of nitrogens with two attached hydrogens (primary N) is 1. The number of carbonyl (C=O) groups is 1. The minimum Gasteiger partial charge on any atom is -0.399 e. The van der Waals surface area contributed by atoms with Gasteiger partial charge in [0.05, 0.1) is 0 Å². The number of rotatable bonds is 3. The van der Waals surface area contributed by atoms with Gasteiger partial charge in [-0.05, 0) is 24.3 Å². The molecule has 2 aromatic carbocycles. The first-order valence-electron chi connectivity index (χ1n) is 5.64. The third-order valence-corrected chi connectivity index (χ3v) is 2.80. The Morgan fingerprint density at radius 1 is 1.26 bits per heavy atom. The fraction of sp³-hybridized carbons (Fsp3) is 0.0714. The standard InChI is InChI=1S/C14H12ClFN2O/c15-11-5-10(6-12(17)7-11)14(19)18-8-9-3-1-2-4-13(9)16/h1-7H,8,17H2,(H,18,19). The van der Waals surface area contributed by atoms with Gasteiger partial charge in [-0.2, -0.15) is 0 Å². The lowest BCUT2D eigenvalue weighted by atomic mass is 10.1. The quantitative estimate of drug-likeness (QED) is 0.848. The van der Waals surface area contributed by atoms with E-state index in [1.165, 1.54) is 18.2 Å². The van der Waals surface area contributed by atoms with Crippen LogP contribution in [0.2, 0.25) is 5.02 Å². The van der Waals surface area contributed by atoms with Crippen LogP contribution in [0, 0.1) is 5.82 Å². The topological polar surface area (TPSA) is 55.1 Å². The van der Waals surface area contributed by atoms with Crippen LogP contribution in [-0.2, 0) is 6.54 Å². The maximum atomic E-state index is 13.4. The molecule has 2 rings (SSSR count). The summed E-state index contributed by atoms with van der Waals surface area (Å²) in [6, 6.07) is 10.8. The average molecular weight is 279 g/mol. The van der Waals surface area contributed by atoms with Crippen molar-refractivity contribution >= 4 is 23.2 Å². The Hall–Kier alpha value is -2.07. The third-order valence-electron chi connectivity index (χ3n) is 2.58. The normalized spacial score (nSPS) is 10.2. The van der Waals surface area contributed by atoms with E-state index in [1.54, 1.807) is 24.3 Å². The summed E-state index contributed by atoms with van der Waals surface area (Å²) >= 11 is 5.82. The number of carbonyl (C=O) groups excluding carboxylic acids is 1. The summed E-state index contributed by atoms with van der Waals surface area (Å²) in [6.45, 7) is 0.109. The molecule has 0 aliphatic rings. The monoisotopic (exact) mass is 278 g/mol. The Morgan fingerprint density at radius 3 is 2.68 bits per heavy atom. The van der Waals surface area contributed by atoms with E-state index in [9.17, 15) is 9.18 Å². The van der Waals surface area contributed by atoms with Gasteiger partial charge in [0.15, 0.2) is 0 Å². The van der Waals surface area contributed by atoms with Crippen molar-refractivity contribution in [2.45, 2.75) is 6.54 Å². The molecule has 0 heterocycles. The molecule has 2 aromatic rings. The van der Waals surface area contributed by atoms with E-state index >= 15 is 0 Å². The SMILES string of the molecule is Nc1cc(Cl)cc(C(=O)NCc2ccccc2F)c1. The predicted octanol–water partition coefficient (Wildman–Crippen LogP) is 2.99. The number of hydrogen-bond donors (Lipinski definition) is 2. The van der Waals surface area contributed by atoms with Crippen molar-refractivity contribution in [3.63, 3.8) is 0 Å². The van der Waals surface area contributed by atoms with Crippen LogP contribution in [0.25, 0.3) is 0 Å². The van der Waals surface area contributed by atoms with E-state index in [2.05, 4.69) is 5.32 Å². The van der Waals surface area contributed by atoms with E-state index in [-0.39, 0.29) is 18.3 Å². The van der Waals surface area contributed by atoms with Gasteiger partial charge in [-0.15, -0.1) is 0 Å². The van der Waals surface area contributed by atoms with Gasteiger partial charge < -0.3 is 11.1 Å². The Morgan fingerprint density at radius 2 is 2.00 bits per heavy atom. The summed E-state index contributed by atoms with van der Waals surface area (Å²) in [4.78, 5) is 11.9. The number of nitrogen functional groups attached to an aromatic ring is 1. The van der Waals surface area contributed by atoms with Crippen molar-refractivity contribution < 1.29 is 9.18 Å². The summed E-state index contributed by atoms with van der Waals surface area (Å²) in [7, 11) is 0. The van der Waals surface area contributed by atoms with Crippen molar-refractivity contribution in [3.05, 3.63) is 64.4 Å². The number of anilines is 1. The molecule has 5 heteroatoms. The summed E-state index contributed by atoms with van der Waals surface area (Å²) < 4.78 is 13.4. The Labute approximate surface area is 115 Å². The Kier molecular flexibility index (Phi) is 4.02. The highest BCUT2D eigenvalue weighted by molar-refractivity contribution is 6.31. The first kappa shape index (κ1) is 13.4. The number of benzene rings is 2. The minimum atomic E-state index is -0.353. The molecule has 0 atom stereocenters. The van der Waals surface area contributed by atoms with Gasteiger partial charge in [0, 0.05) is 28.4 Å². The molecule has 0 bridgehead atoms.